The van der Waals surface area contributed by atoms with Crippen LogP contribution >= 0.6 is 0 Å². The van der Waals surface area contributed by atoms with Crippen LogP contribution in [0, 0.1) is 6.92 Å². The first-order valence-electron chi connectivity index (χ1n) is 7.58. The molecule has 0 aliphatic carbocycles. The lowest BCUT2D eigenvalue weighted by Crippen LogP contribution is -2.14. The first-order chi connectivity index (χ1) is 10.4. The largest absolute Gasteiger partial charge is 0.438 e. The average molecular weight is 291 g/mol. The first kappa shape index (κ1) is 14.6. The molecule has 0 fully saturated rings. The van der Waals surface area contributed by atoms with Crippen molar-refractivity contribution < 1.29 is 4.74 Å². The van der Waals surface area contributed by atoms with Crippen LogP contribution in [-0.2, 0) is 4.74 Å². The lowest BCUT2D eigenvalue weighted by Gasteiger charge is -2.13. The number of fused-ring (bicyclic) bond motifs is 1. The Morgan fingerprint density at radius 3 is 2.18 bits per heavy atom. The van der Waals surface area contributed by atoms with E-state index < -0.39 is 0 Å². The van der Waals surface area contributed by atoms with E-state index in [0.717, 1.165) is 22.4 Å². The van der Waals surface area contributed by atoms with Crippen LogP contribution in [0.25, 0.3) is 11.8 Å². The Morgan fingerprint density at radius 1 is 0.909 bits per heavy atom. The number of hydrogen-bond donors (Lipinski definition) is 0. The molecule has 3 rings (SSSR count). The van der Waals surface area contributed by atoms with Gasteiger partial charge in [0.2, 0.25) is 5.90 Å². The molecule has 2 aromatic carbocycles. The van der Waals surface area contributed by atoms with Gasteiger partial charge in [0.1, 0.15) is 5.76 Å². The standard InChI is InChI=1S/C20H21NO/c1-14-9-11-15(12-10-14)13-18-16-7-5-6-8-17(16)19(22-18)21-20(2,3)4/h5-13H,1-4H3/b18-13-,21-19?. The maximum atomic E-state index is 6.05. The van der Waals surface area contributed by atoms with Crippen molar-refractivity contribution in [3.05, 3.63) is 70.8 Å². The molecule has 0 unspecified atom stereocenters. The van der Waals surface area contributed by atoms with Gasteiger partial charge in [-0.3, -0.25) is 0 Å². The van der Waals surface area contributed by atoms with Gasteiger partial charge in [-0.05, 0) is 45.4 Å². The van der Waals surface area contributed by atoms with E-state index in [0.29, 0.717) is 5.90 Å². The minimum atomic E-state index is -0.165. The van der Waals surface area contributed by atoms with Crippen molar-refractivity contribution in [2.45, 2.75) is 33.2 Å². The smallest absolute Gasteiger partial charge is 0.223 e. The topological polar surface area (TPSA) is 21.6 Å². The van der Waals surface area contributed by atoms with E-state index in [-0.39, 0.29) is 5.54 Å². The van der Waals surface area contributed by atoms with Gasteiger partial charge in [0.25, 0.3) is 0 Å². The van der Waals surface area contributed by atoms with E-state index in [9.17, 15) is 0 Å². The molecule has 0 radical (unpaired) electrons. The summed E-state index contributed by atoms with van der Waals surface area (Å²) in [6.45, 7) is 8.32. The molecule has 112 valence electrons. The second kappa shape index (κ2) is 5.45. The van der Waals surface area contributed by atoms with Gasteiger partial charge in [0.05, 0.1) is 5.54 Å². The van der Waals surface area contributed by atoms with Crippen molar-refractivity contribution in [2.24, 2.45) is 4.99 Å². The summed E-state index contributed by atoms with van der Waals surface area (Å²) in [5, 5.41) is 0. The fourth-order valence-electron chi connectivity index (χ4n) is 2.41. The Balaban J connectivity index is 2.05. The van der Waals surface area contributed by atoms with E-state index in [2.05, 4.69) is 70.2 Å². The van der Waals surface area contributed by atoms with Gasteiger partial charge in [-0.15, -0.1) is 0 Å². The normalized spacial score (nSPS) is 17.6. The van der Waals surface area contributed by atoms with Crippen molar-refractivity contribution in [2.75, 3.05) is 0 Å². The highest BCUT2D eigenvalue weighted by Gasteiger charge is 2.25. The van der Waals surface area contributed by atoms with Crippen LogP contribution in [0.5, 0.6) is 0 Å². The number of rotatable bonds is 1. The summed E-state index contributed by atoms with van der Waals surface area (Å²) in [5.74, 6) is 1.57. The van der Waals surface area contributed by atoms with Gasteiger partial charge in [0, 0.05) is 11.1 Å². The molecule has 22 heavy (non-hydrogen) atoms. The van der Waals surface area contributed by atoms with E-state index in [1.165, 1.54) is 5.56 Å². The third-order valence-electron chi connectivity index (χ3n) is 3.44. The van der Waals surface area contributed by atoms with Crippen LogP contribution in [0.2, 0.25) is 0 Å². The molecule has 2 aromatic rings. The molecule has 2 heteroatoms. The van der Waals surface area contributed by atoms with Gasteiger partial charge in [-0.25, -0.2) is 4.99 Å². The first-order valence-corrected chi connectivity index (χ1v) is 7.58. The number of aryl methyl sites for hydroxylation is 1. The fraction of sp³-hybridized carbons (Fsp3) is 0.250. The van der Waals surface area contributed by atoms with Gasteiger partial charge >= 0.3 is 0 Å². The van der Waals surface area contributed by atoms with Gasteiger partial charge in [0.15, 0.2) is 0 Å². The molecule has 0 aromatic heterocycles. The number of benzene rings is 2. The Morgan fingerprint density at radius 2 is 1.55 bits per heavy atom. The summed E-state index contributed by atoms with van der Waals surface area (Å²) < 4.78 is 6.05. The summed E-state index contributed by atoms with van der Waals surface area (Å²) in [4.78, 5) is 4.71. The summed E-state index contributed by atoms with van der Waals surface area (Å²) >= 11 is 0. The highest BCUT2D eigenvalue weighted by molar-refractivity contribution is 6.08. The minimum absolute atomic E-state index is 0.165. The minimum Gasteiger partial charge on any atom is -0.438 e. The maximum Gasteiger partial charge on any atom is 0.223 e. The van der Waals surface area contributed by atoms with Crippen LogP contribution < -0.4 is 0 Å². The van der Waals surface area contributed by atoms with Crippen molar-refractivity contribution >= 4 is 17.7 Å². The van der Waals surface area contributed by atoms with Crippen LogP contribution in [0.3, 0.4) is 0 Å². The van der Waals surface area contributed by atoms with E-state index in [4.69, 9.17) is 9.73 Å². The Bertz CT molecular complexity index is 746. The van der Waals surface area contributed by atoms with Crippen molar-refractivity contribution in [1.82, 2.24) is 0 Å². The maximum absolute atomic E-state index is 6.05. The average Bonchev–Trinajstić information content (AvgIpc) is 2.78. The van der Waals surface area contributed by atoms with Crippen LogP contribution in [0.15, 0.2) is 53.5 Å². The molecule has 1 heterocycles. The number of nitrogens with zero attached hydrogens (tertiary/aromatic N) is 1. The predicted molar refractivity (Wildman–Crippen MR) is 92.9 cm³/mol. The second-order valence-corrected chi connectivity index (χ2v) is 6.65. The molecule has 2 nitrogen and oxygen atoms in total. The molecule has 0 spiro atoms. The molecule has 0 amide bonds. The molecule has 0 N–H and O–H groups in total. The zero-order valence-electron chi connectivity index (χ0n) is 13.6. The zero-order valence-corrected chi connectivity index (χ0v) is 13.6. The SMILES string of the molecule is Cc1ccc(/C=C2\OC(=NC(C)(C)C)c3ccccc32)cc1. The van der Waals surface area contributed by atoms with Crippen LogP contribution in [-0.4, -0.2) is 11.4 Å². The number of ether oxygens (including phenoxy) is 1. The monoisotopic (exact) mass is 291 g/mol. The molecular weight excluding hydrogens is 270 g/mol. The van der Waals surface area contributed by atoms with Crippen molar-refractivity contribution in [3.63, 3.8) is 0 Å². The molecule has 0 atom stereocenters. The molecule has 0 saturated heterocycles. The Hall–Kier alpha value is -2.35. The van der Waals surface area contributed by atoms with E-state index in [1.54, 1.807) is 0 Å². The van der Waals surface area contributed by atoms with E-state index in [1.807, 2.05) is 12.1 Å². The second-order valence-electron chi connectivity index (χ2n) is 6.65. The van der Waals surface area contributed by atoms with Gasteiger partial charge < -0.3 is 4.74 Å². The summed E-state index contributed by atoms with van der Waals surface area (Å²) in [6.07, 6.45) is 2.07. The molecular formula is C20H21NO. The van der Waals surface area contributed by atoms with Crippen molar-refractivity contribution in [3.8, 4) is 0 Å². The summed E-state index contributed by atoms with van der Waals surface area (Å²) in [6, 6.07) is 16.6. The highest BCUT2D eigenvalue weighted by Crippen LogP contribution is 2.32. The zero-order chi connectivity index (χ0) is 15.7. The Labute approximate surface area is 132 Å². The lowest BCUT2D eigenvalue weighted by atomic mass is 10.1. The van der Waals surface area contributed by atoms with Crippen LogP contribution in [0.4, 0.5) is 0 Å². The molecule has 0 saturated carbocycles. The number of aliphatic imine (C=N–C) groups is 1. The van der Waals surface area contributed by atoms with Crippen molar-refractivity contribution in [1.29, 1.82) is 0 Å². The van der Waals surface area contributed by atoms with E-state index >= 15 is 0 Å². The fourth-order valence-corrected chi connectivity index (χ4v) is 2.41. The van der Waals surface area contributed by atoms with Gasteiger partial charge in [-0.1, -0.05) is 48.0 Å². The number of hydrogen-bond acceptors (Lipinski definition) is 2. The van der Waals surface area contributed by atoms with Gasteiger partial charge in [-0.2, -0.15) is 0 Å². The third kappa shape index (κ3) is 3.11. The summed E-state index contributed by atoms with van der Waals surface area (Å²) in [7, 11) is 0. The third-order valence-corrected chi connectivity index (χ3v) is 3.44. The molecule has 0 bridgehead atoms. The quantitative estimate of drug-likeness (QED) is 0.719. The predicted octanol–water partition coefficient (Wildman–Crippen LogP) is 5.07. The Kier molecular flexibility index (Phi) is 3.61. The lowest BCUT2D eigenvalue weighted by molar-refractivity contribution is 0.495. The van der Waals surface area contributed by atoms with Crippen LogP contribution in [0.1, 0.15) is 43.0 Å². The molecule has 1 aliphatic rings. The highest BCUT2D eigenvalue weighted by atomic mass is 16.5. The summed E-state index contributed by atoms with van der Waals surface area (Å²) in [5.41, 5.74) is 4.39. The molecule has 1 aliphatic heterocycles.